The molecular weight excluding hydrogens is 439 g/mol. The van der Waals surface area contributed by atoms with Crippen LogP contribution >= 0.6 is 11.6 Å². The van der Waals surface area contributed by atoms with Crippen molar-refractivity contribution < 1.29 is 27.6 Å². The van der Waals surface area contributed by atoms with Gasteiger partial charge in [0, 0.05) is 17.5 Å². The lowest BCUT2D eigenvalue weighted by molar-refractivity contribution is -0.205. The molecule has 1 amide bonds. The fourth-order valence-electron chi connectivity index (χ4n) is 4.29. The number of fused-ring (bicyclic) bond motifs is 3. The SMILES string of the molecule is Cc1onc2c1c(=O)n(C1CCCC(NC(=O)C(O)C(F)(F)F)C1)c1cccc(Cl)c21. The highest BCUT2D eigenvalue weighted by Gasteiger charge is 2.44. The van der Waals surface area contributed by atoms with Gasteiger partial charge in [-0.2, -0.15) is 13.2 Å². The van der Waals surface area contributed by atoms with Crippen LogP contribution in [-0.4, -0.2) is 39.1 Å². The van der Waals surface area contributed by atoms with Crippen molar-refractivity contribution in [1.29, 1.82) is 0 Å². The minimum Gasteiger partial charge on any atom is -0.376 e. The summed E-state index contributed by atoms with van der Waals surface area (Å²) >= 11 is 6.40. The molecule has 0 aliphatic heterocycles. The molecule has 166 valence electrons. The third-order valence-corrected chi connectivity index (χ3v) is 6.01. The number of aliphatic hydroxyl groups excluding tert-OH is 1. The maximum atomic E-state index is 13.3. The first-order valence-corrected chi connectivity index (χ1v) is 10.1. The number of carbonyl (C=O) groups is 1. The van der Waals surface area contributed by atoms with Crippen LogP contribution in [0.25, 0.3) is 21.8 Å². The van der Waals surface area contributed by atoms with Crippen molar-refractivity contribution in [3.63, 3.8) is 0 Å². The van der Waals surface area contributed by atoms with Crippen molar-refractivity contribution in [2.45, 2.75) is 57.0 Å². The molecule has 1 fully saturated rings. The zero-order chi connectivity index (χ0) is 22.5. The van der Waals surface area contributed by atoms with Crippen molar-refractivity contribution in [3.05, 3.63) is 39.3 Å². The Hall–Kier alpha value is -2.59. The number of carbonyl (C=O) groups excluding carboxylic acids is 1. The lowest BCUT2D eigenvalue weighted by Gasteiger charge is -2.32. The number of rotatable bonds is 3. The Labute approximate surface area is 178 Å². The van der Waals surface area contributed by atoms with Crippen LogP contribution in [0.4, 0.5) is 13.2 Å². The largest absolute Gasteiger partial charge is 0.423 e. The number of nitrogens with zero attached hydrogens (tertiary/aromatic N) is 2. The van der Waals surface area contributed by atoms with E-state index < -0.39 is 30.3 Å². The first kappa shape index (κ1) is 21.6. The maximum Gasteiger partial charge on any atom is 0.423 e. The Kier molecular flexibility index (Phi) is 5.47. The van der Waals surface area contributed by atoms with Crippen molar-refractivity contribution in [2.75, 3.05) is 0 Å². The van der Waals surface area contributed by atoms with E-state index in [9.17, 15) is 27.9 Å². The predicted molar refractivity (Wildman–Crippen MR) is 107 cm³/mol. The molecule has 3 aromatic rings. The topological polar surface area (TPSA) is 97.4 Å². The van der Waals surface area contributed by atoms with Crippen LogP contribution in [-0.2, 0) is 4.79 Å². The van der Waals surface area contributed by atoms with Crippen LogP contribution in [0.15, 0.2) is 27.5 Å². The van der Waals surface area contributed by atoms with E-state index in [0.29, 0.717) is 51.9 Å². The zero-order valence-electron chi connectivity index (χ0n) is 16.4. The minimum absolute atomic E-state index is 0.230. The lowest BCUT2D eigenvalue weighted by Crippen LogP contribution is -2.49. The molecule has 3 atom stereocenters. The Morgan fingerprint density at radius 3 is 2.81 bits per heavy atom. The molecule has 7 nitrogen and oxygen atoms in total. The minimum atomic E-state index is -5.04. The first-order chi connectivity index (χ1) is 14.6. The average Bonchev–Trinajstić information content (AvgIpc) is 3.09. The number of amides is 1. The summed E-state index contributed by atoms with van der Waals surface area (Å²) < 4.78 is 44.7. The van der Waals surface area contributed by atoms with E-state index in [1.165, 1.54) is 0 Å². The summed E-state index contributed by atoms with van der Waals surface area (Å²) in [6.07, 6.45) is -6.30. The molecule has 1 saturated carbocycles. The summed E-state index contributed by atoms with van der Waals surface area (Å²) in [5.41, 5.74) is 0.551. The van der Waals surface area contributed by atoms with Crippen molar-refractivity contribution in [3.8, 4) is 0 Å². The Morgan fingerprint density at radius 2 is 2.10 bits per heavy atom. The third-order valence-electron chi connectivity index (χ3n) is 5.70. The molecule has 0 saturated heterocycles. The van der Waals surface area contributed by atoms with Crippen molar-refractivity contribution >= 4 is 39.3 Å². The molecule has 0 spiro atoms. The van der Waals surface area contributed by atoms with E-state index in [1.54, 1.807) is 29.7 Å². The third kappa shape index (κ3) is 3.78. The van der Waals surface area contributed by atoms with Gasteiger partial charge in [0.2, 0.25) is 6.10 Å². The van der Waals surface area contributed by atoms with Gasteiger partial charge in [0.25, 0.3) is 11.5 Å². The summed E-state index contributed by atoms with van der Waals surface area (Å²) in [5.74, 6) is -1.16. The van der Waals surface area contributed by atoms with E-state index in [1.807, 2.05) is 0 Å². The number of aryl methyl sites for hydroxylation is 1. The van der Waals surface area contributed by atoms with Gasteiger partial charge in [0.15, 0.2) is 0 Å². The highest BCUT2D eigenvalue weighted by atomic mass is 35.5. The van der Waals surface area contributed by atoms with E-state index in [0.717, 1.165) is 0 Å². The van der Waals surface area contributed by atoms with Crippen molar-refractivity contribution in [1.82, 2.24) is 15.0 Å². The Balaban J connectivity index is 1.74. The zero-order valence-corrected chi connectivity index (χ0v) is 17.1. The van der Waals surface area contributed by atoms with E-state index in [-0.39, 0.29) is 12.0 Å². The molecule has 1 aromatic carbocycles. The molecule has 1 aliphatic carbocycles. The van der Waals surface area contributed by atoms with Gasteiger partial charge >= 0.3 is 6.18 Å². The van der Waals surface area contributed by atoms with Crippen LogP contribution in [0.2, 0.25) is 5.02 Å². The molecule has 4 rings (SSSR count). The molecule has 0 bridgehead atoms. The fraction of sp³-hybridized carbons (Fsp3) is 0.450. The molecule has 2 N–H and O–H groups in total. The highest BCUT2D eigenvalue weighted by Crippen LogP contribution is 2.35. The second kappa shape index (κ2) is 7.83. The Bertz CT molecular complexity index is 1220. The van der Waals surface area contributed by atoms with Crippen molar-refractivity contribution in [2.24, 2.45) is 0 Å². The summed E-state index contributed by atoms with van der Waals surface area (Å²) in [7, 11) is 0. The highest BCUT2D eigenvalue weighted by molar-refractivity contribution is 6.37. The van der Waals surface area contributed by atoms with Crippen LogP contribution in [0.1, 0.15) is 37.5 Å². The standard InChI is InChI=1S/C20H19ClF3N3O4/c1-9-14-16(26-31-9)15-12(21)6-3-7-13(15)27(19(14)30)11-5-2-4-10(8-11)25-18(29)17(28)20(22,23)24/h3,6-7,10-11,17,28H,2,4-5,8H2,1H3,(H,25,29). The quantitative estimate of drug-likeness (QED) is 0.626. The van der Waals surface area contributed by atoms with E-state index >= 15 is 0 Å². The Morgan fingerprint density at radius 1 is 1.35 bits per heavy atom. The summed E-state index contributed by atoms with van der Waals surface area (Å²) in [5, 5.41) is 16.7. The molecule has 3 unspecified atom stereocenters. The van der Waals surface area contributed by atoms with Gasteiger partial charge in [-0.15, -0.1) is 0 Å². The molecular formula is C20H19ClF3N3O4. The number of hydrogen-bond acceptors (Lipinski definition) is 5. The number of alkyl halides is 3. The van der Waals surface area contributed by atoms with Crippen LogP contribution in [0, 0.1) is 6.92 Å². The van der Waals surface area contributed by atoms with E-state index in [2.05, 4.69) is 10.5 Å². The van der Waals surface area contributed by atoms with Gasteiger partial charge in [0.05, 0.1) is 10.5 Å². The second-order valence-electron chi connectivity index (χ2n) is 7.74. The molecule has 1 aliphatic rings. The van der Waals surface area contributed by atoms with Crippen LogP contribution in [0.5, 0.6) is 0 Å². The molecule has 31 heavy (non-hydrogen) atoms. The van der Waals surface area contributed by atoms with Crippen LogP contribution < -0.4 is 10.9 Å². The number of halogens is 4. The summed E-state index contributed by atoms with van der Waals surface area (Å²) in [4.78, 5) is 25.2. The molecule has 2 aromatic heterocycles. The van der Waals surface area contributed by atoms with Crippen LogP contribution in [0.3, 0.4) is 0 Å². The molecule has 11 heteroatoms. The first-order valence-electron chi connectivity index (χ1n) is 9.73. The number of benzene rings is 1. The molecule has 2 heterocycles. The normalized spacial score (nSPS) is 20.8. The maximum absolute atomic E-state index is 13.3. The lowest BCUT2D eigenvalue weighted by atomic mass is 9.90. The fourth-order valence-corrected chi connectivity index (χ4v) is 4.55. The van der Waals surface area contributed by atoms with Gasteiger partial charge in [0.1, 0.15) is 16.7 Å². The summed E-state index contributed by atoms with van der Waals surface area (Å²) in [6.45, 7) is 1.62. The monoisotopic (exact) mass is 457 g/mol. The number of hydrogen-bond donors (Lipinski definition) is 2. The van der Waals surface area contributed by atoms with Gasteiger partial charge in [-0.05, 0) is 44.7 Å². The summed E-state index contributed by atoms with van der Waals surface area (Å²) in [6, 6.07) is 4.07. The predicted octanol–water partition coefficient (Wildman–Crippen LogP) is 3.63. The number of aromatic nitrogens is 2. The number of pyridine rings is 1. The van der Waals surface area contributed by atoms with Gasteiger partial charge in [-0.3, -0.25) is 9.59 Å². The van der Waals surface area contributed by atoms with Gasteiger partial charge in [-0.1, -0.05) is 22.8 Å². The number of aliphatic hydroxyl groups is 1. The average molecular weight is 458 g/mol. The van der Waals surface area contributed by atoms with Gasteiger partial charge < -0.3 is 19.5 Å². The molecule has 0 radical (unpaired) electrons. The van der Waals surface area contributed by atoms with Gasteiger partial charge in [-0.25, -0.2) is 0 Å². The number of nitrogens with one attached hydrogen (secondary N) is 1. The second-order valence-corrected chi connectivity index (χ2v) is 8.15. The van der Waals surface area contributed by atoms with E-state index in [4.69, 9.17) is 16.1 Å². The smallest absolute Gasteiger partial charge is 0.376 e.